The highest BCUT2D eigenvalue weighted by molar-refractivity contribution is 6.03. The fourth-order valence-electron chi connectivity index (χ4n) is 3.70. The molecule has 0 spiro atoms. The minimum atomic E-state index is -0.212. The van der Waals surface area contributed by atoms with Crippen molar-refractivity contribution in [2.75, 3.05) is 19.1 Å². The van der Waals surface area contributed by atoms with E-state index in [4.69, 9.17) is 4.74 Å². The molecule has 1 saturated heterocycles. The number of benzene rings is 2. The fourth-order valence-corrected chi connectivity index (χ4v) is 3.70. The van der Waals surface area contributed by atoms with Crippen LogP contribution in [0.15, 0.2) is 67.3 Å². The number of hydrogen-bond acceptors (Lipinski definition) is 4. The zero-order valence-electron chi connectivity index (χ0n) is 17.4. The third kappa shape index (κ3) is 4.62. The number of β-lactam (4-membered cyclic amide) rings is 1. The van der Waals surface area contributed by atoms with Crippen molar-refractivity contribution >= 4 is 23.6 Å². The largest absolute Gasteiger partial charge is 0.497 e. The Balaban J connectivity index is 1.76. The summed E-state index contributed by atoms with van der Waals surface area (Å²) in [6.07, 6.45) is 7.41. The van der Waals surface area contributed by atoms with Crippen LogP contribution in [0.25, 0.3) is 6.08 Å². The Morgan fingerprint density at radius 2 is 1.80 bits per heavy atom. The molecule has 2 atom stereocenters. The Kier molecular flexibility index (Phi) is 7.07. The summed E-state index contributed by atoms with van der Waals surface area (Å²) in [5.41, 5.74) is 2.99. The molecule has 5 heteroatoms. The number of nitrogens with zero attached hydrogens (tertiary/aromatic N) is 1. The van der Waals surface area contributed by atoms with E-state index in [9.17, 15) is 9.59 Å². The third-order valence-electron chi connectivity index (χ3n) is 5.32. The zero-order valence-corrected chi connectivity index (χ0v) is 17.4. The first-order valence-electron chi connectivity index (χ1n) is 10.0. The highest BCUT2D eigenvalue weighted by Crippen LogP contribution is 2.45. The van der Waals surface area contributed by atoms with Gasteiger partial charge in [-0.25, -0.2) is 0 Å². The van der Waals surface area contributed by atoms with Crippen LogP contribution < -0.4 is 9.64 Å². The lowest BCUT2D eigenvalue weighted by atomic mass is 9.79. The monoisotopic (exact) mass is 405 g/mol. The van der Waals surface area contributed by atoms with Crippen molar-refractivity contribution in [3.63, 3.8) is 0 Å². The van der Waals surface area contributed by atoms with Crippen LogP contribution in [-0.4, -0.2) is 26.1 Å². The van der Waals surface area contributed by atoms with E-state index < -0.39 is 0 Å². The van der Waals surface area contributed by atoms with Gasteiger partial charge in [0, 0.05) is 12.1 Å². The predicted octanol–water partition coefficient (Wildman–Crippen LogP) is 4.94. The van der Waals surface area contributed by atoms with Gasteiger partial charge in [0.1, 0.15) is 5.75 Å². The van der Waals surface area contributed by atoms with E-state index in [0.717, 1.165) is 22.6 Å². The van der Waals surface area contributed by atoms with E-state index in [1.165, 1.54) is 7.11 Å². The summed E-state index contributed by atoms with van der Waals surface area (Å²) in [6.45, 7) is 3.81. The Morgan fingerprint density at radius 3 is 2.40 bits per heavy atom. The molecule has 0 aromatic heterocycles. The molecule has 0 N–H and O–H groups in total. The van der Waals surface area contributed by atoms with Crippen molar-refractivity contribution in [1.29, 1.82) is 0 Å². The maximum Gasteiger partial charge on any atom is 0.305 e. The number of allylic oxidation sites excluding steroid dienone is 2. The van der Waals surface area contributed by atoms with E-state index >= 15 is 0 Å². The van der Waals surface area contributed by atoms with Gasteiger partial charge in [-0.1, -0.05) is 42.5 Å². The minimum Gasteiger partial charge on any atom is -0.497 e. The van der Waals surface area contributed by atoms with E-state index in [1.807, 2.05) is 53.5 Å². The first-order chi connectivity index (χ1) is 14.6. The van der Waals surface area contributed by atoms with Gasteiger partial charge in [-0.05, 0) is 48.2 Å². The summed E-state index contributed by atoms with van der Waals surface area (Å²) in [5, 5.41) is 0. The second-order valence-electron chi connectivity index (χ2n) is 7.17. The van der Waals surface area contributed by atoms with Crippen LogP contribution in [0.1, 0.15) is 36.4 Å². The highest BCUT2D eigenvalue weighted by Gasteiger charge is 2.47. The normalized spacial score (nSPS) is 18.2. The van der Waals surface area contributed by atoms with Crippen LogP contribution in [0.5, 0.6) is 5.75 Å². The minimum absolute atomic E-state index is 0.0266. The van der Waals surface area contributed by atoms with E-state index in [0.29, 0.717) is 19.3 Å². The van der Waals surface area contributed by atoms with E-state index in [2.05, 4.69) is 23.4 Å². The molecule has 1 aliphatic heterocycles. The molecular formula is C25H27NO4. The second kappa shape index (κ2) is 9.92. The number of carbonyl (C=O) groups is 2. The maximum atomic E-state index is 12.8. The summed E-state index contributed by atoms with van der Waals surface area (Å²) < 4.78 is 9.87. The van der Waals surface area contributed by atoms with Gasteiger partial charge in [-0.3, -0.25) is 9.59 Å². The first-order valence-corrected chi connectivity index (χ1v) is 10.0. The van der Waals surface area contributed by atoms with Gasteiger partial charge < -0.3 is 14.4 Å². The number of esters is 1. The zero-order chi connectivity index (χ0) is 21.5. The SMILES string of the molecule is C=CC[C@H]1C(=O)N(c2ccc(OC)cc2)[C@@H]1c1ccc(/C=C/CCC(=O)OC)cc1. The molecule has 1 amide bonds. The predicted molar refractivity (Wildman–Crippen MR) is 118 cm³/mol. The van der Waals surface area contributed by atoms with Gasteiger partial charge in [0.25, 0.3) is 0 Å². The van der Waals surface area contributed by atoms with Crippen molar-refractivity contribution in [3.05, 3.63) is 78.4 Å². The van der Waals surface area contributed by atoms with Crippen LogP contribution in [0, 0.1) is 5.92 Å². The quantitative estimate of drug-likeness (QED) is 0.337. The lowest BCUT2D eigenvalue weighted by Gasteiger charge is -2.47. The van der Waals surface area contributed by atoms with Crippen molar-refractivity contribution in [2.45, 2.75) is 25.3 Å². The summed E-state index contributed by atoms with van der Waals surface area (Å²) in [5.74, 6) is 0.550. The van der Waals surface area contributed by atoms with E-state index in [-0.39, 0.29) is 23.8 Å². The lowest BCUT2D eigenvalue weighted by Crippen LogP contribution is -2.55. The number of hydrogen-bond donors (Lipinski definition) is 0. The number of ether oxygens (including phenoxy) is 2. The summed E-state index contributed by atoms with van der Waals surface area (Å²) in [7, 11) is 3.02. The lowest BCUT2D eigenvalue weighted by molar-refractivity contribution is -0.140. The Morgan fingerprint density at radius 1 is 1.10 bits per heavy atom. The summed E-state index contributed by atoms with van der Waals surface area (Å²) in [6, 6.07) is 15.7. The molecular weight excluding hydrogens is 378 g/mol. The molecule has 0 saturated carbocycles. The first kappa shape index (κ1) is 21.4. The van der Waals surface area contributed by atoms with Gasteiger partial charge in [0.05, 0.1) is 26.2 Å². The number of carbonyl (C=O) groups excluding carboxylic acids is 2. The number of anilines is 1. The molecule has 0 radical (unpaired) electrons. The van der Waals surface area contributed by atoms with Crippen LogP contribution in [0.2, 0.25) is 0 Å². The Hall–Kier alpha value is -3.34. The second-order valence-corrected chi connectivity index (χ2v) is 7.17. The Labute approximate surface area is 177 Å². The fraction of sp³-hybridized carbons (Fsp3) is 0.280. The van der Waals surface area contributed by atoms with Crippen molar-refractivity contribution in [1.82, 2.24) is 0 Å². The van der Waals surface area contributed by atoms with Crippen LogP contribution in [0.3, 0.4) is 0 Å². The molecule has 0 aliphatic carbocycles. The highest BCUT2D eigenvalue weighted by atomic mass is 16.5. The van der Waals surface area contributed by atoms with Gasteiger partial charge in [-0.15, -0.1) is 6.58 Å². The molecule has 3 rings (SSSR count). The summed E-state index contributed by atoms with van der Waals surface area (Å²) >= 11 is 0. The van der Waals surface area contributed by atoms with Gasteiger partial charge in [-0.2, -0.15) is 0 Å². The molecule has 1 heterocycles. The van der Waals surface area contributed by atoms with Crippen LogP contribution in [-0.2, 0) is 14.3 Å². The topological polar surface area (TPSA) is 55.8 Å². The standard InChI is InChI=1S/C25H27NO4/c1-4-7-22-24(26(25(22)28)20-14-16-21(29-2)17-15-20)19-12-10-18(11-13-19)8-5-6-9-23(27)30-3/h4-5,8,10-17,22,24H,1,6-7,9H2,2-3H3/b8-5+/t22-,24-/m1/s1. The third-order valence-corrected chi connectivity index (χ3v) is 5.32. The van der Waals surface area contributed by atoms with Gasteiger partial charge >= 0.3 is 5.97 Å². The summed E-state index contributed by atoms with van der Waals surface area (Å²) in [4.78, 5) is 25.8. The van der Waals surface area contributed by atoms with Gasteiger partial charge in [0.2, 0.25) is 5.91 Å². The van der Waals surface area contributed by atoms with Gasteiger partial charge in [0.15, 0.2) is 0 Å². The number of rotatable bonds is 9. The number of amides is 1. The molecule has 2 aromatic carbocycles. The maximum absolute atomic E-state index is 12.8. The molecule has 156 valence electrons. The van der Waals surface area contributed by atoms with Crippen molar-refractivity contribution in [2.24, 2.45) is 5.92 Å². The number of methoxy groups -OCH3 is 2. The Bertz CT molecular complexity index is 915. The smallest absolute Gasteiger partial charge is 0.305 e. The molecule has 30 heavy (non-hydrogen) atoms. The molecule has 5 nitrogen and oxygen atoms in total. The molecule has 2 aromatic rings. The molecule has 1 aliphatic rings. The van der Waals surface area contributed by atoms with Crippen LogP contribution in [0.4, 0.5) is 5.69 Å². The average molecular weight is 405 g/mol. The average Bonchev–Trinajstić information content (AvgIpc) is 2.79. The van der Waals surface area contributed by atoms with Crippen molar-refractivity contribution in [3.8, 4) is 5.75 Å². The van der Waals surface area contributed by atoms with Crippen LogP contribution >= 0.6 is 0 Å². The molecule has 0 unspecified atom stereocenters. The molecule has 1 fully saturated rings. The van der Waals surface area contributed by atoms with E-state index in [1.54, 1.807) is 13.2 Å². The molecule has 0 bridgehead atoms. The van der Waals surface area contributed by atoms with Crippen molar-refractivity contribution < 1.29 is 19.1 Å².